The zero-order valence-corrected chi connectivity index (χ0v) is 8.28. The minimum Gasteiger partial charge on any atom is -0.304 e. The lowest BCUT2D eigenvalue weighted by Crippen LogP contribution is -2.55. The second kappa shape index (κ2) is 3.92. The zero-order valence-electron chi connectivity index (χ0n) is 8.28. The van der Waals surface area contributed by atoms with Crippen molar-refractivity contribution >= 4 is 0 Å². The second-order valence-electron chi connectivity index (χ2n) is 4.22. The van der Waals surface area contributed by atoms with Crippen LogP contribution >= 0.6 is 0 Å². The van der Waals surface area contributed by atoms with Crippen molar-refractivity contribution in [2.24, 2.45) is 5.90 Å². The van der Waals surface area contributed by atoms with Crippen molar-refractivity contribution in [3.63, 3.8) is 0 Å². The van der Waals surface area contributed by atoms with Gasteiger partial charge in [0, 0.05) is 32.2 Å². The molecule has 76 valence electrons. The summed E-state index contributed by atoms with van der Waals surface area (Å²) in [5.74, 6) is 5.12. The average molecular weight is 185 g/mol. The summed E-state index contributed by atoms with van der Waals surface area (Å²) in [6.45, 7) is 4.81. The average Bonchev–Trinajstić information content (AvgIpc) is 2.06. The molecule has 0 radical (unpaired) electrons. The minimum atomic E-state index is 0.324. The number of hydrogen-bond donors (Lipinski definition) is 1. The third-order valence-corrected chi connectivity index (χ3v) is 3.32. The third-order valence-electron chi connectivity index (χ3n) is 3.32. The molecule has 4 heteroatoms. The summed E-state index contributed by atoms with van der Waals surface area (Å²) in [5, 5.41) is 0. The van der Waals surface area contributed by atoms with Gasteiger partial charge in [-0.1, -0.05) is 0 Å². The molecule has 1 aliphatic carbocycles. The Hall–Kier alpha value is -0.160. The molecule has 1 saturated carbocycles. The van der Waals surface area contributed by atoms with Gasteiger partial charge in [-0.25, -0.2) is 5.90 Å². The van der Waals surface area contributed by atoms with Crippen molar-refractivity contribution in [2.45, 2.75) is 25.0 Å². The fourth-order valence-corrected chi connectivity index (χ4v) is 2.13. The van der Waals surface area contributed by atoms with E-state index in [0.29, 0.717) is 6.10 Å². The van der Waals surface area contributed by atoms with E-state index in [9.17, 15) is 0 Å². The Morgan fingerprint density at radius 1 is 1.15 bits per heavy atom. The van der Waals surface area contributed by atoms with Crippen LogP contribution in [-0.2, 0) is 4.84 Å². The van der Waals surface area contributed by atoms with E-state index in [1.165, 1.54) is 26.2 Å². The van der Waals surface area contributed by atoms with E-state index in [0.717, 1.165) is 18.9 Å². The molecule has 1 heterocycles. The van der Waals surface area contributed by atoms with Crippen molar-refractivity contribution in [2.75, 3.05) is 33.2 Å². The van der Waals surface area contributed by atoms with Gasteiger partial charge in [-0.15, -0.1) is 0 Å². The molecule has 4 nitrogen and oxygen atoms in total. The van der Waals surface area contributed by atoms with Crippen LogP contribution in [0.25, 0.3) is 0 Å². The van der Waals surface area contributed by atoms with Gasteiger partial charge in [0.25, 0.3) is 0 Å². The highest BCUT2D eigenvalue weighted by molar-refractivity contribution is 4.89. The molecule has 0 amide bonds. The van der Waals surface area contributed by atoms with Crippen LogP contribution in [0.2, 0.25) is 0 Å². The highest BCUT2D eigenvalue weighted by atomic mass is 16.6. The van der Waals surface area contributed by atoms with Crippen molar-refractivity contribution in [1.29, 1.82) is 0 Å². The molecule has 0 aromatic carbocycles. The predicted molar refractivity (Wildman–Crippen MR) is 51.2 cm³/mol. The number of nitrogens with zero attached hydrogens (tertiary/aromatic N) is 2. The van der Waals surface area contributed by atoms with Crippen LogP contribution in [0.1, 0.15) is 12.8 Å². The maximum Gasteiger partial charge on any atom is 0.0817 e. The lowest BCUT2D eigenvalue weighted by atomic mass is 9.87. The number of hydrogen-bond acceptors (Lipinski definition) is 4. The maximum absolute atomic E-state index is 5.12. The first kappa shape index (κ1) is 9.40. The lowest BCUT2D eigenvalue weighted by Gasteiger charge is -2.44. The van der Waals surface area contributed by atoms with E-state index in [1.54, 1.807) is 0 Å². The Kier molecular flexibility index (Phi) is 2.83. The van der Waals surface area contributed by atoms with Gasteiger partial charge >= 0.3 is 0 Å². The predicted octanol–water partition coefficient (Wildman–Crippen LogP) is -0.345. The Morgan fingerprint density at radius 3 is 2.31 bits per heavy atom. The molecule has 0 aromatic rings. The van der Waals surface area contributed by atoms with Gasteiger partial charge in [-0.2, -0.15) is 0 Å². The molecule has 2 N–H and O–H groups in total. The van der Waals surface area contributed by atoms with Crippen LogP contribution in [0.4, 0.5) is 0 Å². The largest absolute Gasteiger partial charge is 0.304 e. The van der Waals surface area contributed by atoms with Crippen LogP contribution in [0, 0.1) is 0 Å². The molecule has 2 fully saturated rings. The highest BCUT2D eigenvalue weighted by Gasteiger charge is 2.34. The maximum atomic E-state index is 5.12. The van der Waals surface area contributed by atoms with E-state index >= 15 is 0 Å². The first-order chi connectivity index (χ1) is 6.29. The van der Waals surface area contributed by atoms with E-state index in [1.807, 2.05) is 0 Å². The number of rotatable bonds is 2. The Labute approximate surface area is 79.6 Å². The molecule has 2 aliphatic rings. The van der Waals surface area contributed by atoms with E-state index in [4.69, 9.17) is 10.7 Å². The lowest BCUT2D eigenvalue weighted by molar-refractivity contribution is -0.0605. The van der Waals surface area contributed by atoms with Gasteiger partial charge in [-0.05, 0) is 19.9 Å². The summed E-state index contributed by atoms with van der Waals surface area (Å²) >= 11 is 0. The van der Waals surface area contributed by atoms with E-state index < -0.39 is 0 Å². The normalized spacial score (nSPS) is 37.4. The summed E-state index contributed by atoms with van der Waals surface area (Å²) in [5.41, 5.74) is 0. The first-order valence-corrected chi connectivity index (χ1v) is 5.07. The Morgan fingerprint density at radius 2 is 1.77 bits per heavy atom. The topological polar surface area (TPSA) is 41.7 Å². The zero-order chi connectivity index (χ0) is 9.26. The van der Waals surface area contributed by atoms with Crippen LogP contribution < -0.4 is 5.90 Å². The fourth-order valence-electron chi connectivity index (χ4n) is 2.13. The van der Waals surface area contributed by atoms with Crippen molar-refractivity contribution in [3.05, 3.63) is 0 Å². The van der Waals surface area contributed by atoms with Gasteiger partial charge in [0.15, 0.2) is 0 Å². The molecular weight excluding hydrogens is 166 g/mol. The van der Waals surface area contributed by atoms with E-state index in [2.05, 4.69) is 16.8 Å². The van der Waals surface area contributed by atoms with Gasteiger partial charge in [0.2, 0.25) is 0 Å². The van der Waals surface area contributed by atoms with Gasteiger partial charge in [0.1, 0.15) is 0 Å². The van der Waals surface area contributed by atoms with E-state index in [-0.39, 0.29) is 0 Å². The molecule has 0 spiro atoms. The summed E-state index contributed by atoms with van der Waals surface area (Å²) in [6.07, 6.45) is 2.57. The number of likely N-dealkylation sites (N-methyl/N-ethyl adjacent to an activating group) is 1. The molecule has 0 bridgehead atoms. The first-order valence-electron chi connectivity index (χ1n) is 5.07. The van der Waals surface area contributed by atoms with Gasteiger partial charge in [0.05, 0.1) is 6.10 Å². The van der Waals surface area contributed by atoms with Crippen molar-refractivity contribution in [1.82, 2.24) is 9.80 Å². The molecule has 0 aromatic heterocycles. The standard InChI is InChI=1S/C9H19N3O/c1-11-2-4-12(5-3-11)8-6-9(7-8)13-10/h8-9H,2-7,10H2,1H3. The quantitative estimate of drug-likeness (QED) is 0.597. The fraction of sp³-hybridized carbons (Fsp3) is 1.00. The van der Waals surface area contributed by atoms with Crippen LogP contribution in [0.3, 0.4) is 0 Å². The van der Waals surface area contributed by atoms with Crippen LogP contribution in [-0.4, -0.2) is 55.2 Å². The highest BCUT2D eigenvalue weighted by Crippen LogP contribution is 2.27. The van der Waals surface area contributed by atoms with Crippen LogP contribution in [0.5, 0.6) is 0 Å². The summed E-state index contributed by atoms with van der Waals surface area (Å²) in [7, 11) is 2.18. The summed E-state index contributed by atoms with van der Waals surface area (Å²) < 4.78 is 0. The molecule has 1 saturated heterocycles. The Balaban J connectivity index is 1.71. The molecule has 0 atom stereocenters. The molecule has 13 heavy (non-hydrogen) atoms. The third kappa shape index (κ3) is 2.02. The summed E-state index contributed by atoms with van der Waals surface area (Å²) in [4.78, 5) is 9.74. The number of piperazine rings is 1. The SMILES string of the molecule is CN1CCN(C2CC(ON)C2)CC1. The Bertz CT molecular complexity index is 162. The smallest absolute Gasteiger partial charge is 0.0817 e. The molecule has 2 rings (SSSR count). The van der Waals surface area contributed by atoms with Crippen molar-refractivity contribution in [3.8, 4) is 0 Å². The summed E-state index contributed by atoms with van der Waals surface area (Å²) in [6, 6.07) is 0.738. The van der Waals surface area contributed by atoms with Gasteiger partial charge < -0.3 is 9.74 Å². The monoisotopic (exact) mass is 185 g/mol. The molecule has 1 aliphatic heterocycles. The van der Waals surface area contributed by atoms with Gasteiger partial charge in [-0.3, -0.25) is 4.90 Å². The molecular formula is C9H19N3O. The molecule has 0 unspecified atom stereocenters. The van der Waals surface area contributed by atoms with Crippen LogP contribution in [0.15, 0.2) is 0 Å². The second-order valence-corrected chi connectivity index (χ2v) is 4.22. The van der Waals surface area contributed by atoms with Crippen molar-refractivity contribution < 1.29 is 4.84 Å². The number of nitrogens with two attached hydrogens (primary N) is 1. The minimum absolute atomic E-state index is 0.324.